The highest BCUT2D eigenvalue weighted by Crippen LogP contribution is 2.45. The van der Waals surface area contributed by atoms with Crippen molar-refractivity contribution in [1.29, 1.82) is 0 Å². The Labute approximate surface area is 117 Å². The summed E-state index contributed by atoms with van der Waals surface area (Å²) in [6.07, 6.45) is 0.213. The normalized spacial score (nSPS) is 24.9. The molecule has 0 bridgehead atoms. The number of thioether (sulfide) groups is 1. The summed E-state index contributed by atoms with van der Waals surface area (Å²) < 4.78 is 5.99. The van der Waals surface area contributed by atoms with Gasteiger partial charge in [-0.05, 0) is 17.7 Å². The number of para-hydroxylation sites is 1. The molecule has 0 aliphatic carbocycles. The van der Waals surface area contributed by atoms with Crippen molar-refractivity contribution in [3.63, 3.8) is 0 Å². The maximum atomic E-state index is 5.99. The molecule has 0 N–H and O–H groups in total. The number of nitrogens with zero attached hydrogens (tertiary/aromatic N) is 1. The van der Waals surface area contributed by atoms with Gasteiger partial charge in [-0.1, -0.05) is 42.5 Å². The minimum Gasteiger partial charge on any atom is -0.355 e. The van der Waals surface area contributed by atoms with E-state index in [2.05, 4.69) is 59.5 Å². The van der Waals surface area contributed by atoms with Crippen molar-refractivity contribution in [3.05, 3.63) is 60.2 Å². The molecule has 0 aromatic heterocycles. The molecule has 2 nitrogen and oxygen atoms in total. The molecule has 1 fully saturated rings. The van der Waals surface area contributed by atoms with E-state index in [4.69, 9.17) is 4.74 Å². The van der Waals surface area contributed by atoms with Crippen LogP contribution in [0.5, 0.6) is 0 Å². The van der Waals surface area contributed by atoms with Crippen LogP contribution in [-0.2, 0) is 4.74 Å². The molecule has 0 saturated carbocycles. The third kappa shape index (κ3) is 1.85. The molecule has 2 unspecified atom stereocenters. The fraction of sp³-hybridized carbons (Fsp3) is 0.250. The van der Waals surface area contributed by atoms with Crippen LogP contribution in [0.15, 0.2) is 59.5 Å². The lowest BCUT2D eigenvalue weighted by atomic mass is 10.1. The zero-order valence-corrected chi connectivity index (χ0v) is 11.3. The zero-order chi connectivity index (χ0) is 12.7. The highest BCUT2D eigenvalue weighted by molar-refractivity contribution is 7.99. The number of rotatable bonds is 1. The SMILES string of the molecule is c1ccc(C2COC3CSc4ccccc4N32)cc1. The largest absolute Gasteiger partial charge is 0.355 e. The molecule has 19 heavy (non-hydrogen) atoms. The van der Waals surface area contributed by atoms with Crippen LogP contribution < -0.4 is 4.90 Å². The van der Waals surface area contributed by atoms with Gasteiger partial charge in [-0.2, -0.15) is 0 Å². The Balaban J connectivity index is 1.78. The van der Waals surface area contributed by atoms with Gasteiger partial charge in [0, 0.05) is 10.6 Å². The molecule has 4 rings (SSSR count). The standard InChI is InChI=1S/C16H15NOS/c1-2-6-12(7-3-1)14-10-18-16-11-19-15-9-5-4-8-13(15)17(14)16/h1-9,14,16H,10-11H2. The van der Waals surface area contributed by atoms with E-state index in [0.717, 1.165) is 12.4 Å². The average Bonchev–Trinajstić information content (AvgIpc) is 2.92. The van der Waals surface area contributed by atoms with Crippen LogP contribution in [0, 0.1) is 0 Å². The summed E-state index contributed by atoms with van der Waals surface area (Å²) in [4.78, 5) is 3.81. The number of hydrogen-bond acceptors (Lipinski definition) is 3. The molecule has 3 heteroatoms. The lowest BCUT2D eigenvalue weighted by Gasteiger charge is -2.35. The molecule has 0 spiro atoms. The van der Waals surface area contributed by atoms with Gasteiger partial charge >= 0.3 is 0 Å². The third-order valence-corrected chi connectivity index (χ3v) is 4.91. The van der Waals surface area contributed by atoms with Crippen molar-refractivity contribution in [2.24, 2.45) is 0 Å². The Morgan fingerprint density at radius 2 is 1.79 bits per heavy atom. The second-order valence-electron chi connectivity index (χ2n) is 4.90. The average molecular weight is 269 g/mol. The van der Waals surface area contributed by atoms with Gasteiger partial charge in [-0.3, -0.25) is 0 Å². The highest BCUT2D eigenvalue weighted by atomic mass is 32.2. The molecule has 0 amide bonds. The van der Waals surface area contributed by atoms with Gasteiger partial charge in [-0.25, -0.2) is 0 Å². The second-order valence-corrected chi connectivity index (χ2v) is 5.96. The Hall–Kier alpha value is -1.45. The Kier molecular flexibility index (Phi) is 2.75. The lowest BCUT2D eigenvalue weighted by Crippen LogP contribution is -2.36. The Bertz CT molecular complexity index is 586. The maximum Gasteiger partial charge on any atom is 0.140 e. The molecular formula is C16H15NOS. The predicted molar refractivity (Wildman–Crippen MR) is 78.6 cm³/mol. The molecule has 0 radical (unpaired) electrons. The molecule has 2 aliphatic heterocycles. The first kappa shape index (κ1) is 11.4. The topological polar surface area (TPSA) is 12.5 Å². The molecular weight excluding hydrogens is 254 g/mol. The fourth-order valence-corrected chi connectivity index (χ4v) is 3.98. The molecule has 2 heterocycles. The summed E-state index contributed by atoms with van der Waals surface area (Å²) in [5.41, 5.74) is 2.65. The van der Waals surface area contributed by atoms with E-state index < -0.39 is 0 Å². The van der Waals surface area contributed by atoms with Crippen molar-refractivity contribution >= 4 is 17.4 Å². The van der Waals surface area contributed by atoms with E-state index >= 15 is 0 Å². The summed E-state index contributed by atoms with van der Waals surface area (Å²) in [6.45, 7) is 0.781. The van der Waals surface area contributed by atoms with E-state index in [-0.39, 0.29) is 6.23 Å². The number of fused-ring (bicyclic) bond motifs is 3. The van der Waals surface area contributed by atoms with Gasteiger partial charge in [0.15, 0.2) is 0 Å². The number of hydrogen-bond donors (Lipinski definition) is 0. The van der Waals surface area contributed by atoms with Crippen LogP contribution in [0.2, 0.25) is 0 Å². The lowest BCUT2D eigenvalue weighted by molar-refractivity contribution is 0.126. The first-order valence-corrected chi connectivity index (χ1v) is 7.59. The van der Waals surface area contributed by atoms with Crippen LogP contribution in [0.1, 0.15) is 11.6 Å². The molecule has 96 valence electrons. The summed E-state index contributed by atoms with van der Waals surface area (Å²) in [6, 6.07) is 19.6. The fourth-order valence-electron chi connectivity index (χ4n) is 2.90. The van der Waals surface area contributed by atoms with Gasteiger partial charge in [0.2, 0.25) is 0 Å². The monoisotopic (exact) mass is 269 g/mol. The van der Waals surface area contributed by atoms with Crippen molar-refractivity contribution < 1.29 is 4.74 Å². The van der Waals surface area contributed by atoms with E-state index in [1.165, 1.54) is 16.1 Å². The van der Waals surface area contributed by atoms with Gasteiger partial charge in [0.25, 0.3) is 0 Å². The van der Waals surface area contributed by atoms with Crippen LogP contribution in [0.3, 0.4) is 0 Å². The van der Waals surface area contributed by atoms with Crippen molar-refractivity contribution in [1.82, 2.24) is 0 Å². The smallest absolute Gasteiger partial charge is 0.140 e. The summed E-state index contributed by atoms with van der Waals surface area (Å²) >= 11 is 1.90. The second kappa shape index (κ2) is 4.58. The molecule has 2 atom stereocenters. The summed E-state index contributed by atoms with van der Waals surface area (Å²) in [5, 5.41) is 0. The van der Waals surface area contributed by atoms with Gasteiger partial charge < -0.3 is 9.64 Å². The van der Waals surface area contributed by atoms with Gasteiger partial charge in [-0.15, -0.1) is 11.8 Å². The number of anilines is 1. The maximum absolute atomic E-state index is 5.99. The van der Waals surface area contributed by atoms with E-state index in [9.17, 15) is 0 Å². The van der Waals surface area contributed by atoms with Crippen LogP contribution in [-0.4, -0.2) is 18.6 Å². The van der Waals surface area contributed by atoms with Crippen LogP contribution >= 0.6 is 11.8 Å². The predicted octanol–water partition coefficient (Wildman–Crippen LogP) is 3.70. The number of ether oxygens (including phenoxy) is 1. The van der Waals surface area contributed by atoms with Crippen LogP contribution in [0.4, 0.5) is 5.69 Å². The summed E-state index contributed by atoms with van der Waals surface area (Å²) in [5.74, 6) is 1.01. The third-order valence-electron chi connectivity index (χ3n) is 3.80. The minimum atomic E-state index is 0.213. The highest BCUT2D eigenvalue weighted by Gasteiger charge is 2.38. The Morgan fingerprint density at radius 3 is 2.68 bits per heavy atom. The van der Waals surface area contributed by atoms with E-state index in [1.807, 2.05) is 11.8 Å². The van der Waals surface area contributed by atoms with Crippen molar-refractivity contribution in [2.75, 3.05) is 17.3 Å². The van der Waals surface area contributed by atoms with Crippen molar-refractivity contribution in [3.8, 4) is 0 Å². The molecule has 1 saturated heterocycles. The van der Waals surface area contributed by atoms with E-state index in [0.29, 0.717) is 6.04 Å². The van der Waals surface area contributed by atoms with Gasteiger partial charge in [0.05, 0.1) is 18.3 Å². The van der Waals surface area contributed by atoms with Gasteiger partial charge in [0.1, 0.15) is 6.23 Å². The molecule has 2 aromatic carbocycles. The molecule has 2 aliphatic rings. The minimum absolute atomic E-state index is 0.213. The number of benzene rings is 2. The summed E-state index contributed by atoms with van der Waals surface area (Å²) in [7, 11) is 0. The first-order chi connectivity index (χ1) is 9.43. The molecule has 2 aromatic rings. The zero-order valence-electron chi connectivity index (χ0n) is 10.5. The van der Waals surface area contributed by atoms with Crippen LogP contribution in [0.25, 0.3) is 0 Å². The first-order valence-electron chi connectivity index (χ1n) is 6.60. The van der Waals surface area contributed by atoms with Crippen molar-refractivity contribution in [2.45, 2.75) is 17.2 Å². The Morgan fingerprint density at radius 1 is 1.00 bits per heavy atom. The van der Waals surface area contributed by atoms with E-state index in [1.54, 1.807) is 0 Å². The quantitative estimate of drug-likeness (QED) is 0.783.